The van der Waals surface area contributed by atoms with Crippen LogP contribution in [0.25, 0.3) is 11.1 Å². The van der Waals surface area contributed by atoms with E-state index in [1.165, 1.54) is 0 Å². The molecular weight excluding hydrogens is 306 g/mol. The van der Waals surface area contributed by atoms with Gasteiger partial charge in [-0.05, 0) is 44.4 Å². The molecule has 1 heterocycles. The Kier molecular flexibility index (Phi) is 4.49. The van der Waals surface area contributed by atoms with Crippen LogP contribution in [0.4, 0.5) is 5.69 Å². The van der Waals surface area contributed by atoms with Gasteiger partial charge in [-0.1, -0.05) is 12.1 Å². The van der Waals surface area contributed by atoms with Crippen LogP contribution in [0.1, 0.15) is 26.7 Å². The molecule has 1 aliphatic rings. The lowest BCUT2D eigenvalue weighted by Gasteiger charge is -2.39. The Hall–Kier alpha value is -2.47. The van der Waals surface area contributed by atoms with E-state index in [0.717, 1.165) is 16.8 Å². The third kappa shape index (κ3) is 3.71. The molecule has 0 spiro atoms. The van der Waals surface area contributed by atoms with Gasteiger partial charge >= 0.3 is 6.01 Å². The zero-order valence-corrected chi connectivity index (χ0v) is 13.8. The first-order chi connectivity index (χ1) is 11.5. The zero-order valence-electron chi connectivity index (χ0n) is 13.8. The Morgan fingerprint density at radius 2 is 2.04 bits per heavy atom. The first-order valence-electron chi connectivity index (χ1n) is 8.05. The summed E-state index contributed by atoms with van der Waals surface area (Å²) in [6, 6.07) is 7.88. The van der Waals surface area contributed by atoms with Crippen LogP contribution in [0.15, 0.2) is 36.7 Å². The normalized spacial score (nSPS) is 22.5. The van der Waals surface area contributed by atoms with Crippen LogP contribution in [-0.2, 0) is 4.79 Å². The van der Waals surface area contributed by atoms with Gasteiger partial charge in [0, 0.05) is 29.6 Å². The number of rotatable bonds is 5. The number of hydrogen-bond donors (Lipinski definition) is 2. The fourth-order valence-electron chi connectivity index (χ4n) is 2.88. The molecule has 2 N–H and O–H groups in total. The van der Waals surface area contributed by atoms with E-state index >= 15 is 0 Å². The molecule has 24 heavy (non-hydrogen) atoms. The summed E-state index contributed by atoms with van der Waals surface area (Å²) in [6.07, 6.45) is 4.40. The van der Waals surface area contributed by atoms with Crippen molar-refractivity contribution in [2.24, 2.45) is 5.92 Å². The zero-order chi connectivity index (χ0) is 17.2. The molecule has 1 amide bonds. The summed E-state index contributed by atoms with van der Waals surface area (Å²) in [4.78, 5) is 20.5. The standard InChI is InChI=1S/C18H21N3O3/c1-3-24-17-19-10-14(11-20-17)12-5-4-6-15(7-12)21-16(22)13-8-18(2,23)9-13/h4-7,10-11,13,23H,3,8-9H2,1-2H3,(H,21,22). The van der Waals surface area contributed by atoms with E-state index in [4.69, 9.17) is 4.74 Å². The number of benzene rings is 1. The number of carbonyl (C=O) groups is 1. The molecule has 6 nitrogen and oxygen atoms in total. The maximum Gasteiger partial charge on any atom is 0.316 e. The van der Waals surface area contributed by atoms with Crippen LogP contribution in [0.2, 0.25) is 0 Å². The minimum Gasteiger partial charge on any atom is -0.464 e. The van der Waals surface area contributed by atoms with Crippen molar-refractivity contribution in [3.63, 3.8) is 0 Å². The largest absolute Gasteiger partial charge is 0.464 e. The molecule has 0 bridgehead atoms. The minimum absolute atomic E-state index is 0.0541. The summed E-state index contributed by atoms with van der Waals surface area (Å²) in [5.74, 6) is -0.181. The second kappa shape index (κ2) is 6.57. The average Bonchev–Trinajstić information content (AvgIpc) is 2.54. The van der Waals surface area contributed by atoms with Gasteiger partial charge in [0.05, 0.1) is 12.2 Å². The van der Waals surface area contributed by atoms with Crippen molar-refractivity contribution in [2.45, 2.75) is 32.3 Å². The van der Waals surface area contributed by atoms with Gasteiger partial charge < -0.3 is 15.2 Å². The highest BCUT2D eigenvalue weighted by molar-refractivity contribution is 5.94. The molecule has 1 aromatic heterocycles. The maximum atomic E-state index is 12.2. The van der Waals surface area contributed by atoms with E-state index in [2.05, 4.69) is 15.3 Å². The lowest BCUT2D eigenvalue weighted by molar-refractivity contribution is -0.133. The lowest BCUT2D eigenvalue weighted by atomic mass is 9.72. The van der Waals surface area contributed by atoms with Gasteiger partial charge in [-0.2, -0.15) is 0 Å². The minimum atomic E-state index is -0.705. The second-order valence-electron chi connectivity index (χ2n) is 6.36. The number of ether oxygens (including phenoxy) is 1. The highest BCUT2D eigenvalue weighted by atomic mass is 16.5. The molecule has 126 valence electrons. The first-order valence-corrected chi connectivity index (χ1v) is 8.05. The van der Waals surface area contributed by atoms with Gasteiger partial charge in [0.1, 0.15) is 0 Å². The Morgan fingerprint density at radius 1 is 1.33 bits per heavy atom. The smallest absolute Gasteiger partial charge is 0.316 e. The van der Waals surface area contributed by atoms with E-state index in [0.29, 0.717) is 25.5 Å². The van der Waals surface area contributed by atoms with Gasteiger partial charge in [-0.15, -0.1) is 0 Å². The fourth-order valence-corrected chi connectivity index (χ4v) is 2.88. The Bertz CT molecular complexity index is 721. The van der Waals surface area contributed by atoms with Crippen LogP contribution in [0, 0.1) is 5.92 Å². The molecule has 0 aliphatic heterocycles. The molecule has 1 aliphatic carbocycles. The maximum absolute atomic E-state index is 12.2. The fraction of sp³-hybridized carbons (Fsp3) is 0.389. The van der Waals surface area contributed by atoms with Gasteiger partial charge in [0.15, 0.2) is 0 Å². The highest BCUT2D eigenvalue weighted by Crippen LogP contribution is 2.38. The third-order valence-corrected chi connectivity index (χ3v) is 4.11. The van der Waals surface area contributed by atoms with Gasteiger partial charge in [0.2, 0.25) is 5.91 Å². The van der Waals surface area contributed by atoms with Crippen LogP contribution >= 0.6 is 0 Å². The van der Waals surface area contributed by atoms with Gasteiger partial charge in [-0.25, -0.2) is 9.97 Å². The summed E-state index contributed by atoms with van der Waals surface area (Å²) >= 11 is 0. The monoisotopic (exact) mass is 327 g/mol. The number of aliphatic hydroxyl groups is 1. The second-order valence-corrected chi connectivity index (χ2v) is 6.36. The molecule has 0 atom stereocenters. The van der Waals surface area contributed by atoms with Crippen molar-refractivity contribution in [1.82, 2.24) is 9.97 Å². The summed E-state index contributed by atoms with van der Waals surface area (Å²) in [7, 11) is 0. The molecule has 1 fully saturated rings. The molecule has 0 saturated heterocycles. The van der Waals surface area contributed by atoms with E-state index in [-0.39, 0.29) is 11.8 Å². The van der Waals surface area contributed by atoms with E-state index in [1.54, 1.807) is 19.3 Å². The van der Waals surface area contributed by atoms with E-state index < -0.39 is 5.60 Å². The Morgan fingerprint density at radius 3 is 2.67 bits per heavy atom. The molecule has 0 radical (unpaired) electrons. The Balaban J connectivity index is 1.69. The summed E-state index contributed by atoms with van der Waals surface area (Å²) in [5.41, 5.74) is 1.78. The number of hydrogen-bond acceptors (Lipinski definition) is 5. The van der Waals surface area contributed by atoms with Crippen LogP contribution in [-0.4, -0.2) is 33.2 Å². The number of aromatic nitrogens is 2. The predicted octanol–water partition coefficient (Wildman–Crippen LogP) is 2.64. The molecule has 1 aromatic carbocycles. The first kappa shape index (κ1) is 16.4. The van der Waals surface area contributed by atoms with E-state index in [1.807, 2.05) is 31.2 Å². The SMILES string of the molecule is CCOc1ncc(-c2cccc(NC(=O)C3CC(C)(O)C3)c2)cn1. The quantitative estimate of drug-likeness (QED) is 0.882. The number of nitrogens with one attached hydrogen (secondary N) is 1. The predicted molar refractivity (Wildman–Crippen MR) is 90.6 cm³/mol. The molecule has 3 rings (SSSR count). The average molecular weight is 327 g/mol. The number of nitrogens with zero attached hydrogens (tertiary/aromatic N) is 2. The lowest BCUT2D eigenvalue weighted by Crippen LogP contribution is -2.46. The topological polar surface area (TPSA) is 84.3 Å². The summed E-state index contributed by atoms with van der Waals surface area (Å²) < 4.78 is 5.24. The van der Waals surface area contributed by atoms with Crippen LogP contribution < -0.4 is 10.1 Å². The number of amides is 1. The molecule has 0 unspecified atom stereocenters. The molecule has 1 saturated carbocycles. The highest BCUT2D eigenvalue weighted by Gasteiger charge is 2.42. The summed E-state index contributed by atoms with van der Waals surface area (Å²) in [5, 5.41) is 12.7. The van der Waals surface area contributed by atoms with Crippen LogP contribution in [0.5, 0.6) is 6.01 Å². The molecular formula is C18H21N3O3. The number of anilines is 1. The van der Waals surface area contributed by atoms with Crippen molar-refractivity contribution >= 4 is 11.6 Å². The van der Waals surface area contributed by atoms with Crippen LogP contribution in [0.3, 0.4) is 0 Å². The third-order valence-electron chi connectivity index (χ3n) is 4.11. The van der Waals surface area contributed by atoms with Crippen molar-refractivity contribution in [3.8, 4) is 17.1 Å². The van der Waals surface area contributed by atoms with Crippen molar-refractivity contribution in [1.29, 1.82) is 0 Å². The number of carbonyl (C=O) groups excluding carboxylic acids is 1. The van der Waals surface area contributed by atoms with Crippen molar-refractivity contribution in [2.75, 3.05) is 11.9 Å². The van der Waals surface area contributed by atoms with Crippen molar-refractivity contribution in [3.05, 3.63) is 36.7 Å². The Labute approximate surface area is 140 Å². The van der Waals surface area contributed by atoms with Gasteiger partial charge in [-0.3, -0.25) is 4.79 Å². The summed E-state index contributed by atoms with van der Waals surface area (Å²) in [6.45, 7) is 4.16. The van der Waals surface area contributed by atoms with E-state index in [9.17, 15) is 9.90 Å². The van der Waals surface area contributed by atoms with Gasteiger partial charge in [0.25, 0.3) is 0 Å². The van der Waals surface area contributed by atoms with Crippen molar-refractivity contribution < 1.29 is 14.6 Å². The molecule has 2 aromatic rings. The molecule has 6 heteroatoms.